The molecule has 108 valence electrons. The topological polar surface area (TPSA) is 66.8 Å². The first kappa shape index (κ1) is 16.6. The Morgan fingerprint density at radius 2 is 2.26 bits per heavy atom. The van der Waals surface area contributed by atoms with Crippen molar-refractivity contribution in [3.05, 3.63) is 0 Å². The Hall–Kier alpha value is -0.470. The van der Waals surface area contributed by atoms with Crippen LogP contribution in [0, 0.1) is 5.92 Å². The smallest absolute Gasteiger partial charge is 0.326 e. The summed E-state index contributed by atoms with van der Waals surface area (Å²) in [5, 5.41) is 9.06. The van der Waals surface area contributed by atoms with Gasteiger partial charge in [-0.3, -0.25) is 4.79 Å². The summed E-state index contributed by atoms with van der Waals surface area (Å²) >= 11 is 4.88. The second-order valence-electron chi connectivity index (χ2n) is 4.25. The van der Waals surface area contributed by atoms with E-state index in [0.29, 0.717) is 23.1 Å². The lowest BCUT2D eigenvalue weighted by molar-refractivity contribution is -0.149. The molecular weight excluding hydrogens is 306 g/mol. The molecule has 5 nitrogen and oxygen atoms in total. The van der Waals surface area contributed by atoms with Crippen molar-refractivity contribution < 1.29 is 19.4 Å². The van der Waals surface area contributed by atoms with Crippen molar-refractivity contribution in [2.24, 2.45) is 5.92 Å². The van der Waals surface area contributed by atoms with Crippen molar-refractivity contribution in [3.8, 4) is 0 Å². The van der Waals surface area contributed by atoms with Gasteiger partial charge in [-0.2, -0.15) is 0 Å². The number of rotatable bonds is 5. The Balaban J connectivity index is 2.43. The summed E-state index contributed by atoms with van der Waals surface area (Å²) in [4.78, 5) is 24.7. The fourth-order valence-electron chi connectivity index (χ4n) is 1.86. The molecule has 2 unspecified atom stereocenters. The van der Waals surface area contributed by atoms with E-state index in [1.54, 1.807) is 0 Å². The van der Waals surface area contributed by atoms with Crippen LogP contribution in [0.5, 0.6) is 0 Å². The van der Waals surface area contributed by atoms with E-state index in [0.717, 1.165) is 6.42 Å². The first-order valence-corrected chi connectivity index (χ1v) is 8.60. The number of amides is 1. The average molecular weight is 323 g/mol. The summed E-state index contributed by atoms with van der Waals surface area (Å²) in [5.41, 5.74) is 0. The summed E-state index contributed by atoms with van der Waals surface area (Å²) in [7, 11) is 4.26. The van der Waals surface area contributed by atoms with E-state index >= 15 is 0 Å². The number of likely N-dealkylation sites (tertiary alicyclic amines) is 1. The molecule has 0 bridgehead atoms. The van der Waals surface area contributed by atoms with Gasteiger partial charge >= 0.3 is 5.97 Å². The monoisotopic (exact) mass is 323 g/mol. The first-order chi connectivity index (χ1) is 8.97. The van der Waals surface area contributed by atoms with Crippen molar-refractivity contribution in [1.82, 2.24) is 4.90 Å². The number of thiocarbonyl (C=S) groups is 1. The van der Waals surface area contributed by atoms with Crippen molar-refractivity contribution in [2.45, 2.75) is 25.8 Å². The molecule has 0 radical (unpaired) electrons. The van der Waals surface area contributed by atoms with Gasteiger partial charge < -0.3 is 14.7 Å². The van der Waals surface area contributed by atoms with Crippen LogP contribution in [0.15, 0.2) is 0 Å². The second kappa shape index (κ2) is 7.96. The molecule has 1 saturated heterocycles. The Kier molecular flexibility index (Phi) is 6.95. The van der Waals surface area contributed by atoms with Gasteiger partial charge in [-0.15, -0.1) is 0 Å². The predicted octanol–water partition coefficient (Wildman–Crippen LogP) is 2.01. The van der Waals surface area contributed by atoms with E-state index < -0.39 is 12.0 Å². The highest BCUT2D eigenvalue weighted by Gasteiger charge is 2.35. The zero-order valence-corrected chi connectivity index (χ0v) is 13.3. The van der Waals surface area contributed by atoms with Gasteiger partial charge in [0.25, 0.3) is 0 Å². The van der Waals surface area contributed by atoms with Crippen LogP contribution >= 0.6 is 33.8 Å². The Morgan fingerprint density at radius 1 is 1.58 bits per heavy atom. The molecule has 19 heavy (non-hydrogen) atoms. The number of methoxy groups -OCH3 is 1. The van der Waals surface area contributed by atoms with Crippen molar-refractivity contribution in [1.29, 1.82) is 0 Å². The largest absolute Gasteiger partial charge is 0.481 e. The molecule has 2 atom stereocenters. The minimum absolute atomic E-state index is 0.0960. The first-order valence-electron chi connectivity index (χ1n) is 5.88. The maximum Gasteiger partial charge on any atom is 0.326 e. The Bertz CT molecular complexity index is 364. The van der Waals surface area contributed by atoms with Crippen molar-refractivity contribution in [3.63, 3.8) is 0 Å². The van der Waals surface area contributed by atoms with Crippen LogP contribution in [0.1, 0.15) is 19.8 Å². The number of hydrogen-bond donors (Lipinski definition) is 1. The number of hydrogen-bond acceptors (Lipinski definition) is 6. The molecule has 0 spiro atoms. The summed E-state index contributed by atoms with van der Waals surface area (Å²) < 4.78 is 5.27. The molecule has 0 saturated carbocycles. The predicted molar refractivity (Wildman–Crippen MR) is 81.2 cm³/mol. The number of nitrogens with zero attached hydrogens (tertiary/aromatic N) is 1. The summed E-state index contributed by atoms with van der Waals surface area (Å²) in [5.74, 6) is -0.658. The molecule has 1 aliphatic heterocycles. The van der Waals surface area contributed by atoms with Crippen LogP contribution in [0.2, 0.25) is 0 Å². The Morgan fingerprint density at radius 3 is 2.84 bits per heavy atom. The van der Waals surface area contributed by atoms with E-state index in [9.17, 15) is 9.59 Å². The molecule has 1 amide bonds. The number of carboxylic acid groups (broad SMARTS) is 1. The van der Waals surface area contributed by atoms with E-state index in [2.05, 4.69) is 0 Å². The lowest BCUT2D eigenvalue weighted by atomic mass is 10.1. The molecule has 1 rings (SSSR count). The number of carbonyl (C=O) groups excluding carboxylic acids is 1. The maximum absolute atomic E-state index is 12.2. The van der Waals surface area contributed by atoms with Gasteiger partial charge in [-0.1, -0.05) is 17.7 Å². The highest BCUT2D eigenvalue weighted by atomic mass is 33.1. The lowest BCUT2D eigenvalue weighted by Crippen LogP contribution is -2.43. The van der Waals surface area contributed by atoms with E-state index in [1.165, 1.54) is 33.6 Å². The highest BCUT2D eigenvalue weighted by Crippen LogP contribution is 2.28. The maximum atomic E-state index is 12.2. The van der Waals surface area contributed by atoms with Crippen molar-refractivity contribution in [2.75, 3.05) is 19.4 Å². The molecule has 0 aliphatic carbocycles. The molecule has 1 fully saturated rings. The number of carboxylic acids is 1. The Labute approximate surface area is 125 Å². The second-order valence-corrected chi connectivity index (χ2v) is 7.19. The van der Waals surface area contributed by atoms with Gasteiger partial charge in [0, 0.05) is 18.2 Å². The van der Waals surface area contributed by atoms with Crippen LogP contribution in [-0.2, 0) is 14.3 Å². The molecule has 8 heteroatoms. The van der Waals surface area contributed by atoms with E-state index in [-0.39, 0.29) is 11.8 Å². The van der Waals surface area contributed by atoms with Crippen LogP contribution in [-0.4, -0.2) is 51.7 Å². The average Bonchev–Trinajstić information content (AvgIpc) is 2.86. The number of aliphatic carboxylic acids is 1. The van der Waals surface area contributed by atoms with Gasteiger partial charge in [0.15, 0.2) is 0 Å². The van der Waals surface area contributed by atoms with Gasteiger partial charge in [0.1, 0.15) is 6.04 Å². The SMILES string of the molecule is COC(=S)SSCC(C)C(=O)N1CCCC1C(=O)O. The van der Waals surface area contributed by atoms with Crippen LogP contribution in [0.4, 0.5) is 0 Å². The molecular formula is C11H17NO4S3. The van der Waals surface area contributed by atoms with Crippen LogP contribution in [0.3, 0.4) is 0 Å². The zero-order chi connectivity index (χ0) is 14.4. The number of ether oxygens (including phenoxy) is 1. The fourth-order valence-corrected chi connectivity index (χ4v) is 4.18. The molecule has 0 aromatic heterocycles. The van der Waals surface area contributed by atoms with Crippen LogP contribution < -0.4 is 0 Å². The normalized spacial score (nSPS) is 20.1. The number of carbonyl (C=O) groups is 2. The highest BCUT2D eigenvalue weighted by molar-refractivity contribution is 8.83. The molecule has 1 heterocycles. The lowest BCUT2D eigenvalue weighted by Gasteiger charge is -2.24. The third kappa shape index (κ3) is 4.85. The zero-order valence-electron chi connectivity index (χ0n) is 10.8. The van der Waals surface area contributed by atoms with E-state index in [4.69, 9.17) is 22.1 Å². The third-order valence-electron chi connectivity index (χ3n) is 2.85. The van der Waals surface area contributed by atoms with Gasteiger partial charge in [0.2, 0.25) is 10.3 Å². The van der Waals surface area contributed by atoms with Crippen LogP contribution in [0.25, 0.3) is 0 Å². The minimum atomic E-state index is -0.916. The fraction of sp³-hybridized carbons (Fsp3) is 0.727. The van der Waals surface area contributed by atoms with E-state index in [1.807, 2.05) is 6.92 Å². The van der Waals surface area contributed by atoms with Gasteiger partial charge in [-0.05, 0) is 35.9 Å². The third-order valence-corrected chi connectivity index (χ3v) is 5.86. The van der Waals surface area contributed by atoms with Crippen molar-refractivity contribution >= 4 is 50.1 Å². The summed E-state index contributed by atoms with van der Waals surface area (Å²) in [6.07, 6.45) is 1.30. The summed E-state index contributed by atoms with van der Waals surface area (Å²) in [6, 6.07) is -0.660. The minimum Gasteiger partial charge on any atom is -0.481 e. The quantitative estimate of drug-likeness (QED) is 0.613. The van der Waals surface area contributed by atoms with Gasteiger partial charge in [-0.25, -0.2) is 4.79 Å². The van der Waals surface area contributed by atoms with Gasteiger partial charge in [0.05, 0.1) is 7.11 Å². The standard InChI is InChI=1S/C11H17NO4S3/c1-7(6-18-19-11(17)16-2)9(13)12-5-3-4-8(12)10(14)15/h7-8H,3-6H2,1-2H3,(H,14,15). The molecule has 1 aliphatic rings. The molecule has 0 aromatic carbocycles. The molecule has 1 N–H and O–H groups in total. The molecule has 0 aromatic rings. The summed E-state index contributed by atoms with van der Waals surface area (Å²) in [6.45, 7) is 2.34.